The normalized spacial score (nSPS) is 23.4. The summed E-state index contributed by atoms with van der Waals surface area (Å²) in [4.78, 5) is 17.9. The number of aliphatic imine (C=N–C) groups is 1. The number of carboxylic acids is 1. The highest BCUT2D eigenvalue weighted by Crippen LogP contribution is 2.38. The van der Waals surface area contributed by atoms with E-state index in [1.54, 1.807) is 0 Å². The van der Waals surface area contributed by atoms with Gasteiger partial charge in [0.2, 0.25) is 0 Å². The van der Waals surface area contributed by atoms with E-state index in [1.165, 1.54) is 0 Å². The maximum atomic E-state index is 12.8. The number of halogens is 3. The molecule has 0 amide bonds. The van der Waals surface area contributed by atoms with E-state index < -0.39 is 30.2 Å². The zero-order valence-corrected chi connectivity index (χ0v) is 11.2. The molecule has 0 spiro atoms. The van der Waals surface area contributed by atoms with Crippen molar-refractivity contribution in [1.29, 1.82) is 0 Å². The van der Waals surface area contributed by atoms with Crippen LogP contribution in [-0.4, -0.2) is 45.3 Å². The lowest BCUT2D eigenvalue weighted by Gasteiger charge is -2.22. The molecule has 2 unspecified atom stereocenters. The van der Waals surface area contributed by atoms with Gasteiger partial charge in [0, 0.05) is 6.42 Å². The van der Waals surface area contributed by atoms with Crippen molar-refractivity contribution in [2.24, 2.45) is 16.6 Å². The van der Waals surface area contributed by atoms with Gasteiger partial charge in [0.15, 0.2) is 11.6 Å². The van der Waals surface area contributed by atoms with Gasteiger partial charge in [-0.1, -0.05) is 0 Å². The van der Waals surface area contributed by atoms with Crippen molar-refractivity contribution in [3.8, 4) is 0 Å². The van der Waals surface area contributed by atoms with E-state index in [9.17, 15) is 23.1 Å². The van der Waals surface area contributed by atoms with E-state index in [4.69, 9.17) is 15.3 Å². The molecule has 0 bridgehead atoms. The molecule has 0 radical (unpaired) electrons. The first-order valence-electron chi connectivity index (χ1n) is 6.41. The number of alkyl halides is 3. The number of aromatic carboxylic acids is 1. The fourth-order valence-electron chi connectivity index (χ4n) is 2.33. The summed E-state index contributed by atoms with van der Waals surface area (Å²) in [6.45, 7) is 0. The lowest BCUT2D eigenvalue weighted by molar-refractivity contribution is -0.177. The fourth-order valence-corrected chi connectivity index (χ4v) is 2.33. The smallest absolute Gasteiger partial charge is 0.394 e. The number of nitrogens with two attached hydrogens (primary N) is 1. The highest BCUT2D eigenvalue weighted by atomic mass is 19.4. The third-order valence-electron chi connectivity index (χ3n) is 3.34. The first-order valence-corrected chi connectivity index (χ1v) is 6.41. The minimum absolute atomic E-state index is 0.0663. The minimum atomic E-state index is -4.45. The Morgan fingerprint density at radius 1 is 1.55 bits per heavy atom. The number of carbonyl (C=O) groups is 1. The molecule has 22 heavy (non-hydrogen) atoms. The van der Waals surface area contributed by atoms with Crippen LogP contribution in [0.4, 0.5) is 13.2 Å². The van der Waals surface area contributed by atoms with Crippen molar-refractivity contribution >= 4 is 11.8 Å². The second kappa shape index (κ2) is 5.95. The maximum absolute atomic E-state index is 12.8. The third kappa shape index (κ3) is 3.75. The third-order valence-corrected chi connectivity index (χ3v) is 3.34. The van der Waals surface area contributed by atoms with E-state index in [1.807, 2.05) is 0 Å². The second-order valence-corrected chi connectivity index (χ2v) is 5.07. The van der Waals surface area contributed by atoms with Crippen molar-refractivity contribution in [2.75, 3.05) is 0 Å². The maximum Gasteiger partial charge on any atom is 0.394 e. The van der Waals surface area contributed by atoms with Crippen molar-refractivity contribution in [3.05, 3.63) is 17.8 Å². The molecule has 0 aliphatic carbocycles. The predicted molar refractivity (Wildman–Crippen MR) is 67.4 cm³/mol. The van der Waals surface area contributed by atoms with Crippen LogP contribution in [0.25, 0.3) is 0 Å². The Morgan fingerprint density at radius 3 is 2.77 bits per heavy atom. The summed E-state index contributed by atoms with van der Waals surface area (Å²) in [5.41, 5.74) is 5.01. The summed E-state index contributed by atoms with van der Waals surface area (Å²) in [6, 6.07) is -1.16. The number of hydrogen-bond acceptors (Lipinski definition) is 6. The summed E-state index contributed by atoms with van der Waals surface area (Å²) < 4.78 is 43.4. The van der Waals surface area contributed by atoms with Crippen LogP contribution in [0.2, 0.25) is 0 Å². The number of oxazole rings is 1. The van der Waals surface area contributed by atoms with E-state index in [0.29, 0.717) is 0 Å². The quantitative estimate of drug-likeness (QED) is 0.743. The van der Waals surface area contributed by atoms with Crippen LogP contribution in [0.3, 0.4) is 0 Å². The summed E-state index contributed by atoms with van der Waals surface area (Å²) in [5.74, 6) is -3.18. The number of hydrogen-bond donors (Lipinski definition) is 3. The van der Waals surface area contributed by atoms with Gasteiger partial charge in [-0.25, -0.2) is 9.78 Å². The molecule has 1 aliphatic rings. The van der Waals surface area contributed by atoms with E-state index in [-0.39, 0.29) is 36.7 Å². The predicted octanol–water partition coefficient (Wildman–Crippen LogP) is 0.974. The number of amidine groups is 1. The van der Waals surface area contributed by atoms with E-state index in [2.05, 4.69) is 9.98 Å². The molecule has 0 fully saturated rings. The molecule has 2 heterocycles. The minimum Gasteiger partial charge on any atom is -0.476 e. The lowest BCUT2D eigenvalue weighted by atomic mass is 9.93. The zero-order valence-electron chi connectivity index (χ0n) is 11.2. The molecule has 4 N–H and O–H groups in total. The van der Waals surface area contributed by atoms with Crippen LogP contribution in [0, 0.1) is 5.92 Å². The average molecular weight is 321 g/mol. The number of nitrogens with zero attached hydrogens (tertiary/aromatic N) is 2. The molecular formula is C12H14F3N3O4. The summed E-state index contributed by atoms with van der Waals surface area (Å²) >= 11 is 0. The van der Waals surface area contributed by atoms with E-state index >= 15 is 0 Å². The monoisotopic (exact) mass is 321 g/mol. The fraction of sp³-hybridized carbons (Fsp3) is 0.583. The van der Waals surface area contributed by atoms with Gasteiger partial charge >= 0.3 is 12.1 Å². The molecule has 3 atom stereocenters. The zero-order chi connectivity index (χ0) is 16.5. The first kappa shape index (κ1) is 16.3. The molecule has 0 aromatic carbocycles. The number of aromatic nitrogens is 1. The molecule has 10 heteroatoms. The average Bonchev–Trinajstić information content (AvgIpc) is 2.95. The molecule has 1 aromatic heterocycles. The van der Waals surface area contributed by atoms with Gasteiger partial charge in [-0.15, -0.1) is 0 Å². The van der Waals surface area contributed by atoms with Crippen LogP contribution in [0.1, 0.15) is 29.2 Å². The Bertz CT molecular complexity index is 584. The van der Waals surface area contributed by atoms with Crippen LogP contribution in [0.15, 0.2) is 15.7 Å². The summed E-state index contributed by atoms with van der Waals surface area (Å²) in [7, 11) is 0. The SMILES string of the molecule is NC1=N[C@@H](CC(O)Cc2nc(C(=O)O)co2)C(C(F)(F)F)C1. The van der Waals surface area contributed by atoms with Crippen molar-refractivity contribution in [2.45, 2.75) is 37.6 Å². The van der Waals surface area contributed by atoms with Gasteiger partial charge in [-0.2, -0.15) is 13.2 Å². The van der Waals surface area contributed by atoms with Gasteiger partial charge in [0.05, 0.1) is 30.3 Å². The van der Waals surface area contributed by atoms with Crippen LogP contribution < -0.4 is 5.73 Å². The summed E-state index contributed by atoms with van der Waals surface area (Å²) in [6.07, 6.45) is -5.62. The standard InChI is InChI=1S/C12H14F3N3O4/c13-12(14,15)6-3-9(16)17-7(6)1-5(19)2-10-18-8(4-22-10)11(20)21/h4-7,19H,1-3H2,(H2,16,17)(H,20,21)/t5?,6?,7-/m0/s1. The van der Waals surface area contributed by atoms with Crippen molar-refractivity contribution < 1.29 is 32.6 Å². The lowest BCUT2D eigenvalue weighted by Crippen LogP contribution is -2.33. The van der Waals surface area contributed by atoms with Crippen molar-refractivity contribution in [1.82, 2.24) is 4.98 Å². The molecule has 0 saturated heterocycles. The summed E-state index contributed by atoms with van der Waals surface area (Å²) in [5, 5.41) is 18.5. The Hall–Kier alpha value is -2.10. The molecule has 1 aliphatic heterocycles. The van der Waals surface area contributed by atoms with Crippen molar-refractivity contribution in [3.63, 3.8) is 0 Å². The molecule has 7 nitrogen and oxygen atoms in total. The Labute approximate surface area is 122 Å². The van der Waals surface area contributed by atoms with Gasteiger partial charge in [0.25, 0.3) is 0 Å². The highest BCUT2D eigenvalue weighted by molar-refractivity contribution is 5.84. The number of carboxylic acid groups (broad SMARTS) is 1. The van der Waals surface area contributed by atoms with Gasteiger partial charge in [0.1, 0.15) is 6.26 Å². The van der Waals surface area contributed by atoms with Gasteiger partial charge in [-0.05, 0) is 6.42 Å². The Morgan fingerprint density at radius 2 is 2.23 bits per heavy atom. The first-order chi connectivity index (χ1) is 10.2. The van der Waals surface area contributed by atoms with Crippen LogP contribution >= 0.6 is 0 Å². The molecule has 1 aromatic rings. The van der Waals surface area contributed by atoms with E-state index in [0.717, 1.165) is 6.26 Å². The topological polar surface area (TPSA) is 122 Å². The largest absolute Gasteiger partial charge is 0.476 e. The Balaban J connectivity index is 1.98. The van der Waals surface area contributed by atoms with Crippen LogP contribution in [-0.2, 0) is 6.42 Å². The van der Waals surface area contributed by atoms with Gasteiger partial charge < -0.3 is 20.4 Å². The number of aliphatic hydroxyl groups excluding tert-OH is 1. The molecular weight excluding hydrogens is 307 g/mol. The number of aliphatic hydroxyl groups is 1. The molecule has 0 saturated carbocycles. The second-order valence-electron chi connectivity index (χ2n) is 5.07. The molecule has 122 valence electrons. The molecule has 2 rings (SSSR count). The number of rotatable bonds is 5. The van der Waals surface area contributed by atoms with Crippen LogP contribution in [0.5, 0.6) is 0 Å². The Kier molecular flexibility index (Phi) is 4.40. The highest BCUT2D eigenvalue weighted by Gasteiger charge is 2.48. The van der Waals surface area contributed by atoms with Gasteiger partial charge in [-0.3, -0.25) is 4.99 Å².